The van der Waals surface area contributed by atoms with E-state index in [9.17, 15) is 4.79 Å². The van der Waals surface area contributed by atoms with E-state index in [0.717, 1.165) is 42.6 Å². The molecule has 1 aromatic rings. The minimum absolute atomic E-state index is 0.336. The van der Waals surface area contributed by atoms with Gasteiger partial charge in [-0.15, -0.1) is 11.8 Å². The van der Waals surface area contributed by atoms with Gasteiger partial charge in [-0.3, -0.25) is 4.79 Å². The normalized spacial score (nSPS) is 18.6. The maximum atomic E-state index is 11.7. The molecule has 0 aromatic heterocycles. The van der Waals surface area contributed by atoms with Crippen LogP contribution in [0.2, 0.25) is 0 Å². The fourth-order valence-electron chi connectivity index (χ4n) is 2.08. The topological polar surface area (TPSA) is 17.1 Å². The molecule has 1 saturated carbocycles. The lowest BCUT2D eigenvalue weighted by atomic mass is 9.92. The van der Waals surface area contributed by atoms with E-state index in [1.807, 2.05) is 11.8 Å². The Balaban J connectivity index is 2.11. The van der Waals surface area contributed by atoms with Crippen LogP contribution in [0.4, 0.5) is 0 Å². The molecule has 0 amide bonds. The molecule has 1 aromatic carbocycles. The number of benzene rings is 1. The third-order valence-corrected chi connectivity index (χ3v) is 3.88. The van der Waals surface area contributed by atoms with Gasteiger partial charge in [0.2, 0.25) is 0 Å². The summed E-state index contributed by atoms with van der Waals surface area (Å²) in [5.41, 5.74) is 2.16. The van der Waals surface area contributed by atoms with Crippen molar-refractivity contribution in [2.45, 2.75) is 37.5 Å². The van der Waals surface area contributed by atoms with Gasteiger partial charge in [-0.2, -0.15) is 0 Å². The van der Waals surface area contributed by atoms with Crippen LogP contribution < -0.4 is 0 Å². The molecule has 90 valence electrons. The van der Waals surface area contributed by atoms with E-state index in [1.54, 1.807) is 0 Å². The molecule has 2 rings (SSSR count). The minimum atomic E-state index is 0.336. The van der Waals surface area contributed by atoms with Crippen LogP contribution in [0.1, 0.15) is 38.2 Å². The van der Waals surface area contributed by atoms with Crippen LogP contribution in [0.3, 0.4) is 0 Å². The molecule has 0 N–H and O–H groups in total. The number of hydrogen-bond acceptors (Lipinski definition) is 2. The van der Waals surface area contributed by atoms with E-state index in [-0.39, 0.29) is 0 Å². The number of hydrogen-bond donors (Lipinski definition) is 0. The first-order chi connectivity index (χ1) is 8.29. The van der Waals surface area contributed by atoms with Gasteiger partial charge < -0.3 is 0 Å². The molecule has 17 heavy (non-hydrogen) atoms. The van der Waals surface area contributed by atoms with Crippen LogP contribution in [0, 0.1) is 0 Å². The fourth-order valence-corrected chi connectivity index (χ4v) is 2.74. The van der Waals surface area contributed by atoms with E-state index in [2.05, 4.69) is 37.3 Å². The summed E-state index contributed by atoms with van der Waals surface area (Å²) in [7, 11) is 0. The van der Waals surface area contributed by atoms with Crippen molar-refractivity contribution in [2.75, 3.05) is 5.75 Å². The van der Waals surface area contributed by atoms with Gasteiger partial charge >= 0.3 is 0 Å². The molecule has 0 unspecified atom stereocenters. The molecule has 1 aliphatic rings. The molecule has 1 fully saturated rings. The zero-order valence-electron chi connectivity index (χ0n) is 10.2. The molecule has 0 atom stereocenters. The first-order valence-corrected chi connectivity index (χ1v) is 7.25. The Kier molecular flexibility index (Phi) is 4.43. The van der Waals surface area contributed by atoms with Crippen molar-refractivity contribution >= 4 is 23.6 Å². The summed E-state index contributed by atoms with van der Waals surface area (Å²) < 4.78 is 0. The van der Waals surface area contributed by atoms with E-state index in [4.69, 9.17) is 0 Å². The first-order valence-electron chi connectivity index (χ1n) is 6.26. The van der Waals surface area contributed by atoms with Gasteiger partial charge in [-0.05, 0) is 54.4 Å². The molecule has 2 heteroatoms. The molecule has 1 nitrogen and oxygen atoms in total. The second kappa shape index (κ2) is 6.06. The third kappa shape index (κ3) is 3.47. The number of thioether (sulfide) groups is 1. The van der Waals surface area contributed by atoms with Crippen LogP contribution in [0.15, 0.2) is 34.7 Å². The van der Waals surface area contributed by atoms with Gasteiger partial charge in [-0.1, -0.05) is 19.1 Å². The molecular formula is C15H18OS. The van der Waals surface area contributed by atoms with Crippen LogP contribution in [-0.2, 0) is 4.79 Å². The van der Waals surface area contributed by atoms with Crippen molar-refractivity contribution < 1.29 is 4.79 Å². The van der Waals surface area contributed by atoms with Gasteiger partial charge in [0.25, 0.3) is 0 Å². The van der Waals surface area contributed by atoms with E-state index >= 15 is 0 Å². The van der Waals surface area contributed by atoms with Crippen LogP contribution in [-0.4, -0.2) is 11.5 Å². The molecule has 0 heterocycles. The van der Waals surface area contributed by atoms with Gasteiger partial charge in [-0.25, -0.2) is 0 Å². The van der Waals surface area contributed by atoms with Crippen LogP contribution >= 0.6 is 11.8 Å². The maximum Gasteiger partial charge on any atom is 0.158 e. The van der Waals surface area contributed by atoms with Gasteiger partial charge in [0.15, 0.2) is 5.78 Å². The molecule has 1 aliphatic carbocycles. The zero-order chi connectivity index (χ0) is 12.1. The summed E-state index contributed by atoms with van der Waals surface area (Å²) in [5, 5.41) is 0. The third-order valence-electron chi connectivity index (χ3n) is 2.99. The second-order valence-corrected chi connectivity index (χ2v) is 5.64. The predicted molar refractivity (Wildman–Crippen MR) is 74.3 cm³/mol. The van der Waals surface area contributed by atoms with Gasteiger partial charge in [0, 0.05) is 11.3 Å². The van der Waals surface area contributed by atoms with Crippen molar-refractivity contribution in [3.8, 4) is 0 Å². The Hall–Kier alpha value is -1.02. The number of carbonyl (C=O) groups excluding carboxylic acids is 1. The molecule has 0 spiro atoms. The Labute approximate surface area is 107 Å². The highest BCUT2D eigenvalue weighted by Gasteiger charge is 2.14. The summed E-state index contributed by atoms with van der Waals surface area (Å²) >= 11 is 1.84. The van der Waals surface area contributed by atoms with E-state index in [0.29, 0.717) is 5.78 Å². The highest BCUT2D eigenvalue weighted by atomic mass is 32.2. The quantitative estimate of drug-likeness (QED) is 0.583. The van der Waals surface area contributed by atoms with Crippen molar-refractivity contribution in [1.29, 1.82) is 0 Å². The lowest BCUT2D eigenvalue weighted by Crippen LogP contribution is -2.07. The van der Waals surface area contributed by atoms with Crippen molar-refractivity contribution in [3.05, 3.63) is 35.4 Å². The molecule has 0 saturated heterocycles. The van der Waals surface area contributed by atoms with Gasteiger partial charge in [0.1, 0.15) is 0 Å². The highest BCUT2D eigenvalue weighted by molar-refractivity contribution is 7.99. The SMILES string of the molecule is CCSc1ccc(C=C2CCCCC2=O)cc1. The van der Waals surface area contributed by atoms with Crippen molar-refractivity contribution in [3.63, 3.8) is 0 Å². The Bertz CT molecular complexity index is 417. The van der Waals surface area contributed by atoms with Crippen molar-refractivity contribution in [1.82, 2.24) is 0 Å². The largest absolute Gasteiger partial charge is 0.295 e. The Morgan fingerprint density at radius 2 is 1.88 bits per heavy atom. The number of carbonyl (C=O) groups is 1. The molecular weight excluding hydrogens is 228 g/mol. The number of allylic oxidation sites excluding steroid dienone is 1. The fraction of sp³-hybridized carbons (Fsp3) is 0.400. The summed E-state index contributed by atoms with van der Waals surface area (Å²) in [6.07, 6.45) is 5.95. The van der Waals surface area contributed by atoms with E-state index in [1.165, 1.54) is 4.90 Å². The second-order valence-electron chi connectivity index (χ2n) is 4.30. The number of ketones is 1. The van der Waals surface area contributed by atoms with E-state index < -0.39 is 0 Å². The summed E-state index contributed by atoms with van der Waals surface area (Å²) in [6.45, 7) is 2.15. The highest BCUT2D eigenvalue weighted by Crippen LogP contribution is 2.23. The Morgan fingerprint density at radius 3 is 2.53 bits per heavy atom. The lowest BCUT2D eigenvalue weighted by molar-refractivity contribution is -0.116. The lowest BCUT2D eigenvalue weighted by Gasteiger charge is -2.12. The number of Topliss-reactive ketones (excluding diaryl/α,β-unsaturated/α-hetero) is 1. The molecule has 0 radical (unpaired) electrons. The average Bonchev–Trinajstić information content (AvgIpc) is 2.35. The Morgan fingerprint density at radius 1 is 1.18 bits per heavy atom. The zero-order valence-corrected chi connectivity index (χ0v) is 11.1. The maximum absolute atomic E-state index is 11.7. The van der Waals surface area contributed by atoms with Gasteiger partial charge in [0.05, 0.1) is 0 Å². The predicted octanol–water partition coefficient (Wildman–Crippen LogP) is 4.33. The minimum Gasteiger partial charge on any atom is -0.295 e. The van der Waals surface area contributed by atoms with Crippen molar-refractivity contribution in [2.24, 2.45) is 0 Å². The monoisotopic (exact) mass is 246 g/mol. The first kappa shape index (κ1) is 12.4. The summed E-state index contributed by atoms with van der Waals surface area (Å²) in [6, 6.07) is 8.47. The summed E-state index contributed by atoms with van der Waals surface area (Å²) in [5.74, 6) is 1.43. The smallest absolute Gasteiger partial charge is 0.158 e. The number of rotatable bonds is 3. The molecule has 0 bridgehead atoms. The van der Waals surface area contributed by atoms with Crippen LogP contribution in [0.25, 0.3) is 6.08 Å². The van der Waals surface area contributed by atoms with Crippen LogP contribution in [0.5, 0.6) is 0 Å². The molecule has 0 aliphatic heterocycles. The standard InChI is InChI=1S/C15H18OS/c1-2-17-14-9-7-12(8-10-14)11-13-5-3-4-6-15(13)16/h7-11H,2-6H2,1H3. The summed E-state index contributed by atoms with van der Waals surface area (Å²) in [4.78, 5) is 13.0. The average molecular weight is 246 g/mol.